The van der Waals surface area contributed by atoms with Gasteiger partial charge in [0.2, 0.25) is 0 Å². The van der Waals surface area contributed by atoms with Crippen LogP contribution in [-0.2, 0) is 23.8 Å². The van der Waals surface area contributed by atoms with Gasteiger partial charge in [0.15, 0.2) is 5.78 Å². The molecule has 3 heterocycles. The zero-order valence-electron chi connectivity index (χ0n) is 45.6. The predicted octanol–water partition coefficient (Wildman–Crippen LogP) is 15.5. The maximum Gasteiger partial charge on any atom is 0.330 e. The minimum Gasteiger partial charge on any atom is -0.508 e. The Morgan fingerprint density at radius 3 is 1.99 bits per heavy atom. The molecule has 3 fully saturated rings. The minimum atomic E-state index is -0.847. The number of allylic oxidation sites excluding steroid dienone is 6. The second kappa shape index (κ2) is 23.5. The number of rotatable bonds is 26. The Kier molecular flexibility index (Phi) is 19.3. The number of fused-ring (bicyclic) bond motifs is 2. The summed E-state index contributed by atoms with van der Waals surface area (Å²) < 4.78 is 21.1. The van der Waals surface area contributed by atoms with Crippen molar-refractivity contribution in [1.82, 2.24) is 0 Å². The van der Waals surface area contributed by atoms with Crippen molar-refractivity contribution < 1.29 is 39.1 Å². The number of carbonyl (C=O) groups is 2. The van der Waals surface area contributed by atoms with Gasteiger partial charge in [0, 0.05) is 17.6 Å². The van der Waals surface area contributed by atoms with E-state index in [-0.39, 0.29) is 34.4 Å². The third kappa shape index (κ3) is 13.4. The molecule has 2 aliphatic carbocycles. The molecule has 9 atom stereocenters. The van der Waals surface area contributed by atoms with Crippen LogP contribution in [0.2, 0.25) is 0 Å². The Bertz CT molecular complexity index is 2130. The van der Waals surface area contributed by atoms with E-state index in [2.05, 4.69) is 81.9 Å². The summed E-state index contributed by atoms with van der Waals surface area (Å²) >= 11 is 0. The van der Waals surface area contributed by atoms with Gasteiger partial charge in [-0.2, -0.15) is 0 Å². The van der Waals surface area contributed by atoms with E-state index in [9.17, 15) is 19.8 Å². The Hall–Kier alpha value is -3.30. The third-order valence-electron chi connectivity index (χ3n) is 17.7. The number of carbonyl (C=O) groups excluding carboxylic acids is 1. The first-order valence-electron chi connectivity index (χ1n) is 27.1. The molecule has 0 radical (unpaired) electrons. The van der Waals surface area contributed by atoms with E-state index in [0.717, 1.165) is 167 Å². The van der Waals surface area contributed by atoms with Crippen molar-refractivity contribution in [2.24, 2.45) is 11.8 Å². The number of aliphatic hydroxyl groups is 2. The van der Waals surface area contributed by atoms with Gasteiger partial charge in [-0.1, -0.05) is 96.6 Å². The summed E-state index contributed by atoms with van der Waals surface area (Å²) in [6.07, 6.45) is 27.5. The second-order valence-corrected chi connectivity index (χ2v) is 23.2. The molecule has 3 saturated heterocycles. The molecule has 0 aromatic carbocycles. The Morgan fingerprint density at radius 2 is 1.39 bits per heavy atom. The fourth-order valence-electron chi connectivity index (χ4n) is 12.4. The van der Waals surface area contributed by atoms with E-state index >= 15 is 0 Å². The summed E-state index contributed by atoms with van der Waals surface area (Å²) in [5.41, 5.74) is 7.50. The SMILES string of the molecule is C=C(O)/C(C)=C/CC1OC1(C)CCCC(C)CCCC1(C)CCC2=CC(O)C(C)=C(CC3=C4CCC(C)(CCCC(C)CC/C=C(\C)CC/C=C(\C)C(=O)O)OC4(CC)C(C)=C(C)C3=O)C2(CC)O1. The molecule has 0 aromatic rings. The number of hydrogen-bond donors (Lipinski definition) is 3. The van der Waals surface area contributed by atoms with Crippen LogP contribution in [0.4, 0.5) is 0 Å². The van der Waals surface area contributed by atoms with Gasteiger partial charge >= 0.3 is 5.97 Å². The first kappa shape index (κ1) is 56.6. The Balaban J connectivity index is 1.23. The van der Waals surface area contributed by atoms with Crippen LogP contribution in [0.1, 0.15) is 225 Å². The number of carboxylic acid groups (broad SMARTS) is 1. The number of ketones is 1. The summed E-state index contributed by atoms with van der Waals surface area (Å²) in [7, 11) is 0. The fraction of sp³-hybridized carbons (Fsp3) is 0.705. The molecule has 9 unspecified atom stereocenters. The topological polar surface area (TPSA) is 126 Å². The first-order chi connectivity index (χ1) is 32.4. The minimum absolute atomic E-state index is 0.0754. The number of ether oxygens (including phenoxy) is 3. The number of aliphatic carboxylic acids is 1. The standard InChI is InChI=1S/C61H94O8/c1-15-60-47(10)45(8)55(64)50(51(60)32-37-58(13,68-60)34-19-25-41(4)23-17-22-40(3)24-18-28-44(7)56(65)66)39-52-46(9)53(63)38-49-31-36-57(12,69-61(49,52)16-2)33-20-26-42(5)27-21-35-59(14)54(67-59)30-29-43(6)48(11)62/h22,28-29,38,41-42,53-54,62-63H,11,15-21,23-27,30-37,39H2,1-10,12-14H3,(H,65,66)/b40-22+,43-29+,44-28+. The maximum absolute atomic E-state index is 14.7. The fourth-order valence-corrected chi connectivity index (χ4v) is 12.4. The smallest absolute Gasteiger partial charge is 0.330 e. The average molecular weight is 955 g/mol. The molecule has 0 saturated carbocycles. The van der Waals surface area contributed by atoms with E-state index < -0.39 is 23.3 Å². The molecule has 0 bridgehead atoms. The number of Topliss-reactive ketones (excluding diaryl/α,β-unsaturated/α-hetero) is 1. The average Bonchev–Trinajstić information content (AvgIpc) is 3.95. The van der Waals surface area contributed by atoms with E-state index in [0.29, 0.717) is 23.8 Å². The van der Waals surface area contributed by atoms with Gasteiger partial charge in [-0.25, -0.2) is 4.79 Å². The molecule has 5 aliphatic rings. The highest BCUT2D eigenvalue weighted by Crippen LogP contribution is 2.56. The van der Waals surface area contributed by atoms with Crippen molar-refractivity contribution in [3.05, 3.63) is 92.4 Å². The molecular weight excluding hydrogens is 861 g/mol. The molecule has 69 heavy (non-hydrogen) atoms. The highest BCUT2D eigenvalue weighted by atomic mass is 16.6. The van der Waals surface area contributed by atoms with Gasteiger partial charge in [-0.15, -0.1) is 0 Å². The maximum atomic E-state index is 14.7. The van der Waals surface area contributed by atoms with Gasteiger partial charge in [0.1, 0.15) is 17.0 Å². The summed E-state index contributed by atoms with van der Waals surface area (Å²) in [5, 5.41) is 30.4. The molecule has 0 aromatic heterocycles. The molecule has 8 nitrogen and oxygen atoms in total. The first-order valence-corrected chi connectivity index (χ1v) is 27.1. The van der Waals surface area contributed by atoms with Crippen LogP contribution >= 0.6 is 0 Å². The van der Waals surface area contributed by atoms with Gasteiger partial charge in [0.05, 0.1) is 29.0 Å². The molecule has 3 aliphatic heterocycles. The summed E-state index contributed by atoms with van der Waals surface area (Å²) in [5.74, 6) is 0.584. The molecular formula is C61H94O8. The zero-order chi connectivity index (χ0) is 51.1. The van der Waals surface area contributed by atoms with Crippen molar-refractivity contribution in [3.63, 3.8) is 0 Å². The highest BCUT2D eigenvalue weighted by Gasteiger charge is 2.54. The second-order valence-electron chi connectivity index (χ2n) is 23.2. The lowest BCUT2D eigenvalue weighted by atomic mass is 9.64. The number of hydrogen-bond acceptors (Lipinski definition) is 7. The normalized spacial score (nSPS) is 31.9. The van der Waals surface area contributed by atoms with Gasteiger partial charge < -0.3 is 29.5 Å². The lowest BCUT2D eigenvalue weighted by Gasteiger charge is -2.54. The largest absolute Gasteiger partial charge is 0.508 e. The van der Waals surface area contributed by atoms with Crippen LogP contribution in [0.5, 0.6) is 0 Å². The predicted molar refractivity (Wildman–Crippen MR) is 282 cm³/mol. The molecule has 8 heteroatoms. The van der Waals surface area contributed by atoms with Crippen LogP contribution in [0.25, 0.3) is 0 Å². The summed E-state index contributed by atoms with van der Waals surface area (Å²) in [4.78, 5) is 25.8. The highest BCUT2D eigenvalue weighted by molar-refractivity contribution is 6.11. The molecule has 0 spiro atoms. The lowest BCUT2D eigenvalue weighted by Crippen LogP contribution is -2.53. The van der Waals surface area contributed by atoms with E-state index in [1.165, 1.54) is 12.0 Å². The Morgan fingerprint density at radius 1 is 0.812 bits per heavy atom. The van der Waals surface area contributed by atoms with Gasteiger partial charge in [-0.05, 0) is 209 Å². The van der Waals surface area contributed by atoms with Crippen LogP contribution in [0.15, 0.2) is 92.4 Å². The monoisotopic (exact) mass is 955 g/mol. The molecule has 0 amide bonds. The number of epoxide rings is 1. The van der Waals surface area contributed by atoms with Crippen LogP contribution < -0.4 is 0 Å². The van der Waals surface area contributed by atoms with Crippen LogP contribution in [0.3, 0.4) is 0 Å². The van der Waals surface area contributed by atoms with Crippen molar-refractivity contribution in [1.29, 1.82) is 0 Å². The van der Waals surface area contributed by atoms with E-state index in [4.69, 9.17) is 19.3 Å². The Labute approximate surface area is 418 Å². The molecule has 5 rings (SSSR count). The van der Waals surface area contributed by atoms with E-state index in [1.807, 2.05) is 32.1 Å². The number of aliphatic hydroxyl groups excluding tert-OH is 2. The van der Waals surface area contributed by atoms with Crippen molar-refractivity contribution in [3.8, 4) is 0 Å². The zero-order valence-corrected chi connectivity index (χ0v) is 45.6. The quantitative estimate of drug-likeness (QED) is 0.0257. The summed E-state index contributed by atoms with van der Waals surface area (Å²) in [6, 6.07) is 0. The summed E-state index contributed by atoms with van der Waals surface area (Å²) in [6.45, 7) is 31.4. The molecule has 3 N–H and O–H groups in total. The van der Waals surface area contributed by atoms with E-state index in [1.54, 1.807) is 6.92 Å². The number of carboxylic acids is 1. The van der Waals surface area contributed by atoms with Crippen LogP contribution in [0, 0.1) is 11.8 Å². The third-order valence-corrected chi connectivity index (χ3v) is 17.7. The van der Waals surface area contributed by atoms with Gasteiger partial charge in [-0.3, -0.25) is 4.79 Å². The van der Waals surface area contributed by atoms with Crippen molar-refractivity contribution in [2.45, 2.75) is 265 Å². The lowest BCUT2D eigenvalue weighted by molar-refractivity contribution is -0.148. The van der Waals surface area contributed by atoms with Crippen LogP contribution in [-0.4, -0.2) is 67.3 Å². The van der Waals surface area contributed by atoms with Gasteiger partial charge in [0.25, 0.3) is 0 Å². The van der Waals surface area contributed by atoms with Crippen molar-refractivity contribution in [2.75, 3.05) is 0 Å². The van der Waals surface area contributed by atoms with Crippen molar-refractivity contribution >= 4 is 11.8 Å². The molecule has 386 valence electrons.